The Kier molecular flexibility index (Phi) is 4.40. The van der Waals surface area contributed by atoms with E-state index in [9.17, 15) is 4.79 Å². The van der Waals surface area contributed by atoms with Crippen molar-refractivity contribution in [1.29, 1.82) is 0 Å². The van der Waals surface area contributed by atoms with E-state index in [-0.39, 0.29) is 11.8 Å². The van der Waals surface area contributed by atoms with Crippen molar-refractivity contribution in [2.75, 3.05) is 10.6 Å². The minimum Gasteiger partial charge on any atom is -0.381 e. The molecule has 1 heterocycles. The fraction of sp³-hybridized carbons (Fsp3) is 0.333. The Hall–Kier alpha value is -2.30. The van der Waals surface area contributed by atoms with Gasteiger partial charge < -0.3 is 10.6 Å². The second-order valence-corrected chi connectivity index (χ2v) is 5.10. The summed E-state index contributed by atoms with van der Waals surface area (Å²) in [6.07, 6.45) is 3.80. The van der Waals surface area contributed by atoms with Crippen molar-refractivity contribution in [3.8, 4) is 0 Å². The maximum absolute atomic E-state index is 11.7. The van der Waals surface area contributed by atoms with Gasteiger partial charge in [0.2, 0.25) is 5.91 Å². The Morgan fingerprint density at radius 2 is 2.10 bits per heavy atom. The van der Waals surface area contributed by atoms with Crippen molar-refractivity contribution >= 4 is 17.3 Å². The average Bonchev–Trinajstić information content (AvgIpc) is 2.82. The first-order valence-corrected chi connectivity index (χ1v) is 6.67. The molecule has 5 heteroatoms. The van der Waals surface area contributed by atoms with Gasteiger partial charge >= 0.3 is 0 Å². The molecule has 1 amide bonds. The van der Waals surface area contributed by atoms with Crippen LogP contribution in [0.1, 0.15) is 19.4 Å². The summed E-state index contributed by atoms with van der Waals surface area (Å²) < 4.78 is 1.77. The fourth-order valence-corrected chi connectivity index (χ4v) is 1.76. The van der Waals surface area contributed by atoms with Crippen molar-refractivity contribution in [3.63, 3.8) is 0 Å². The van der Waals surface area contributed by atoms with Crippen LogP contribution in [-0.2, 0) is 18.4 Å². The zero-order chi connectivity index (χ0) is 14.5. The van der Waals surface area contributed by atoms with Gasteiger partial charge in [0.25, 0.3) is 0 Å². The van der Waals surface area contributed by atoms with E-state index in [4.69, 9.17) is 0 Å². The molecule has 0 aliphatic rings. The van der Waals surface area contributed by atoms with Crippen LogP contribution in [0.2, 0.25) is 0 Å². The SMILES string of the molecule is CC(C)C(=O)Nc1cccc(NCc2cnn(C)c2)c1. The summed E-state index contributed by atoms with van der Waals surface area (Å²) in [5.41, 5.74) is 2.89. The zero-order valence-electron chi connectivity index (χ0n) is 12.1. The number of aromatic nitrogens is 2. The zero-order valence-corrected chi connectivity index (χ0v) is 12.1. The summed E-state index contributed by atoms with van der Waals surface area (Å²) in [7, 11) is 1.89. The topological polar surface area (TPSA) is 59.0 Å². The van der Waals surface area contributed by atoms with Crippen LogP contribution in [0.25, 0.3) is 0 Å². The second kappa shape index (κ2) is 6.23. The van der Waals surface area contributed by atoms with Crippen LogP contribution in [0.5, 0.6) is 0 Å². The van der Waals surface area contributed by atoms with Gasteiger partial charge in [-0.2, -0.15) is 5.10 Å². The molecule has 0 bridgehead atoms. The van der Waals surface area contributed by atoms with E-state index in [2.05, 4.69) is 15.7 Å². The highest BCUT2D eigenvalue weighted by Crippen LogP contribution is 2.16. The van der Waals surface area contributed by atoms with E-state index in [0.29, 0.717) is 6.54 Å². The van der Waals surface area contributed by atoms with Crippen LogP contribution < -0.4 is 10.6 Å². The van der Waals surface area contributed by atoms with Crippen molar-refractivity contribution in [3.05, 3.63) is 42.2 Å². The average molecular weight is 272 g/mol. The maximum Gasteiger partial charge on any atom is 0.226 e. The summed E-state index contributed by atoms with van der Waals surface area (Å²) in [6.45, 7) is 4.45. The first-order chi connectivity index (χ1) is 9.54. The number of hydrogen-bond donors (Lipinski definition) is 2. The van der Waals surface area contributed by atoms with E-state index in [1.807, 2.05) is 57.6 Å². The lowest BCUT2D eigenvalue weighted by Crippen LogP contribution is -2.17. The molecule has 1 aromatic carbocycles. The standard InChI is InChI=1S/C15H20N4O/c1-11(2)15(20)18-14-6-4-5-13(7-14)16-8-12-9-17-19(3)10-12/h4-7,9-11,16H,8H2,1-3H3,(H,18,20). The molecule has 2 N–H and O–H groups in total. The summed E-state index contributed by atoms with van der Waals surface area (Å²) in [5.74, 6) is -0.00332. The van der Waals surface area contributed by atoms with Gasteiger partial charge in [-0.3, -0.25) is 9.48 Å². The molecule has 0 unspecified atom stereocenters. The summed E-state index contributed by atoms with van der Waals surface area (Å²) in [4.78, 5) is 11.7. The number of carbonyl (C=O) groups is 1. The lowest BCUT2D eigenvalue weighted by Gasteiger charge is -2.10. The lowest BCUT2D eigenvalue weighted by atomic mass is 10.2. The smallest absolute Gasteiger partial charge is 0.226 e. The molecular weight excluding hydrogens is 252 g/mol. The molecule has 0 aliphatic heterocycles. The lowest BCUT2D eigenvalue weighted by molar-refractivity contribution is -0.118. The third-order valence-electron chi connectivity index (χ3n) is 2.91. The first kappa shape index (κ1) is 14.1. The highest BCUT2D eigenvalue weighted by molar-refractivity contribution is 5.92. The van der Waals surface area contributed by atoms with Crippen molar-refractivity contribution in [1.82, 2.24) is 9.78 Å². The number of aryl methyl sites for hydroxylation is 1. The quantitative estimate of drug-likeness (QED) is 0.879. The second-order valence-electron chi connectivity index (χ2n) is 5.10. The van der Waals surface area contributed by atoms with Crippen molar-refractivity contribution < 1.29 is 4.79 Å². The third-order valence-corrected chi connectivity index (χ3v) is 2.91. The molecule has 5 nitrogen and oxygen atoms in total. The molecule has 0 saturated carbocycles. The van der Waals surface area contributed by atoms with Gasteiger partial charge in [0, 0.05) is 42.6 Å². The Morgan fingerprint density at radius 1 is 1.35 bits per heavy atom. The molecule has 1 aromatic heterocycles. The van der Waals surface area contributed by atoms with Crippen molar-refractivity contribution in [2.24, 2.45) is 13.0 Å². The molecule has 0 fully saturated rings. The van der Waals surface area contributed by atoms with E-state index in [0.717, 1.165) is 16.9 Å². The predicted octanol–water partition coefficient (Wildman–Crippen LogP) is 2.63. The fourth-order valence-electron chi connectivity index (χ4n) is 1.76. The largest absolute Gasteiger partial charge is 0.381 e. The highest BCUT2D eigenvalue weighted by atomic mass is 16.1. The number of rotatable bonds is 5. The molecule has 20 heavy (non-hydrogen) atoms. The monoisotopic (exact) mass is 272 g/mol. The van der Waals surface area contributed by atoms with Crippen LogP contribution in [0.15, 0.2) is 36.7 Å². The number of anilines is 2. The van der Waals surface area contributed by atoms with Gasteiger partial charge in [-0.15, -0.1) is 0 Å². The number of hydrogen-bond acceptors (Lipinski definition) is 3. The minimum absolute atomic E-state index is 0.0226. The summed E-state index contributed by atoms with van der Waals surface area (Å²) in [6, 6.07) is 7.70. The van der Waals surface area contributed by atoms with Crippen molar-refractivity contribution in [2.45, 2.75) is 20.4 Å². The van der Waals surface area contributed by atoms with Crippen LogP contribution >= 0.6 is 0 Å². The number of benzene rings is 1. The minimum atomic E-state index is -0.0259. The van der Waals surface area contributed by atoms with E-state index < -0.39 is 0 Å². The molecule has 106 valence electrons. The van der Waals surface area contributed by atoms with Crippen LogP contribution in [0, 0.1) is 5.92 Å². The number of amides is 1. The molecule has 0 atom stereocenters. The van der Waals surface area contributed by atoms with Gasteiger partial charge in [0.15, 0.2) is 0 Å². The molecular formula is C15H20N4O. The van der Waals surface area contributed by atoms with Crippen LogP contribution in [0.4, 0.5) is 11.4 Å². The Bertz CT molecular complexity index is 589. The molecule has 0 spiro atoms. The Balaban J connectivity index is 1.97. The van der Waals surface area contributed by atoms with Crippen LogP contribution in [-0.4, -0.2) is 15.7 Å². The first-order valence-electron chi connectivity index (χ1n) is 6.67. The van der Waals surface area contributed by atoms with Gasteiger partial charge in [-0.1, -0.05) is 19.9 Å². The van der Waals surface area contributed by atoms with Gasteiger partial charge in [-0.25, -0.2) is 0 Å². The van der Waals surface area contributed by atoms with Crippen LogP contribution in [0.3, 0.4) is 0 Å². The Morgan fingerprint density at radius 3 is 2.75 bits per heavy atom. The third kappa shape index (κ3) is 3.85. The van der Waals surface area contributed by atoms with Gasteiger partial charge in [-0.05, 0) is 18.2 Å². The molecule has 0 saturated heterocycles. The van der Waals surface area contributed by atoms with E-state index in [1.165, 1.54) is 0 Å². The highest BCUT2D eigenvalue weighted by Gasteiger charge is 2.07. The summed E-state index contributed by atoms with van der Waals surface area (Å²) >= 11 is 0. The van der Waals surface area contributed by atoms with Gasteiger partial charge in [0.05, 0.1) is 6.20 Å². The molecule has 0 aliphatic carbocycles. The number of nitrogens with one attached hydrogen (secondary N) is 2. The van der Waals surface area contributed by atoms with E-state index >= 15 is 0 Å². The molecule has 2 rings (SSSR count). The predicted molar refractivity (Wildman–Crippen MR) is 80.4 cm³/mol. The normalized spacial score (nSPS) is 10.6. The summed E-state index contributed by atoms with van der Waals surface area (Å²) in [5, 5.41) is 10.3. The Labute approximate surface area is 119 Å². The van der Waals surface area contributed by atoms with Gasteiger partial charge in [0.1, 0.15) is 0 Å². The maximum atomic E-state index is 11.7. The molecule has 0 radical (unpaired) electrons. The molecule has 2 aromatic rings. The number of nitrogens with zero attached hydrogens (tertiary/aromatic N) is 2. The number of carbonyl (C=O) groups excluding carboxylic acids is 1. The van der Waals surface area contributed by atoms with E-state index in [1.54, 1.807) is 4.68 Å².